The second-order valence-electron chi connectivity index (χ2n) is 5.52. The van der Waals surface area contributed by atoms with Crippen LogP contribution in [0.3, 0.4) is 0 Å². The summed E-state index contributed by atoms with van der Waals surface area (Å²) in [5.74, 6) is 0.978. The Morgan fingerprint density at radius 3 is 2.76 bits per heavy atom. The summed E-state index contributed by atoms with van der Waals surface area (Å²) >= 11 is 3.52. The van der Waals surface area contributed by atoms with Gasteiger partial charge in [-0.1, -0.05) is 23.4 Å². The van der Waals surface area contributed by atoms with Gasteiger partial charge in [0.1, 0.15) is 5.69 Å². The minimum absolute atomic E-state index is 0.353. The predicted molar refractivity (Wildman–Crippen MR) is 84.8 cm³/mol. The van der Waals surface area contributed by atoms with E-state index in [0.717, 1.165) is 15.4 Å². The molecule has 6 heteroatoms. The van der Waals surface area contributed by atoms with Gasteiger partial charge in [-0.05, 0) is 41.9 Å². The van der Waals surface area contributed by atoms with Gasteiger partial charge in [0.05, 0.1) is 10.9 Å². The van der Waals surface area contributed by atoms with Gasteiger partial charge >= 0.3 is 0 Å². The summed E-state index contributed by atoms with van der Waals surface area (Å²) in [6.45, 7) is 4.36. The Bertz CT molecular complexity index is 797. The molecular weight excluding hydrogens is 332 g/mol. The van der Waals surface area contributed by atoms with Crippen LogP contribution in [0.25, 0.3) is 22.4 Å². The molecule has 0 amide bonds. The van der Waals surface area contributed by atoms with Crippen LogP contribution in [0.4, 0.5) is 0 Å². The van der Waals surface area contributed by atoms with E-state index in [1.165, 1.54) is 0 Å². The highest BCUT2D eigenvalue weighted by Gasteiger charge is 2.27. The smallest absolute Gasteiger partial charge is 0.233 e. The zero-order chi connectivity index (χ0) is 15.0. The van der Waals surface area contributed by atoms with Crippen LogP contribution in [0.15, 0.2) is 39.3 Å². The molecule has 0 bridgehead atoms. The Hall–Kier alpha value is -1.79. The van der Waals surface area contributed by atoms with Crippen LogP contribution in [0.1, 0.15) is 19.7 Å². The lowest BCUT2D eigenvalue weighted by Crippen LogP contribution is -2.28. The highest BCUT2D eigenvalue weighted by molar-refractivity contribution is 9.10. The van der Waals surface area contributed by atoms with Crippen molar-refractivity contribution >= 4 is 26.8 Å². The number of nitrogens with zero attached hydrogens (tertiary/aromatic N) is 3. The maximum Gasteiger partial charge on any atom is 0.233 e. The number of para-hydroxylation sites is 1. The van der Waals surface area contributed by atoms with Gasteiger partial charge in [0.15, 0.2) is 0 Å². The van der Waals surface area contributed by atoms with Crippen LogP contribution >= 0.6 is 15.9 Å². The highest BCUT2D eigenvalue weighted by Crippen LogP contribution is 2.29. The van der Waals surface area contributed by atoms with E-state index in [1.54, 1.807) is 0 Å². The number of rotatable bonds is 3. The monoisotopic (exact) mass is 346 g/mol. The first-order valence-electron chi connectivity index (χ1n) is 6.61. The predicted octanol–water partition coefficient (Wildman–Crippen LogP) is 3.28. The van der Waals surface area contributed by atoms with Crippen molar-refractivity contribution in [3.05, 3.63) is 40.7 Å². The van der Waals surface area contributed by atoms with Gasteiger partial charge in [-0.2, -0.15) is 4.98 Å². The summed E-state index contributed by atoms with van der Waals surface area (Å²) in [7, 11) is 0. The molecule has 0 saturated carbocycles. The van der Waals surface area contributed by atoms with E-state index in [9.17, 15) is 0 Å². The van der Waals surface area contributed by atoms with Crippen LogP contribution in [-0.4, -0.2) is 21.7 Å². The molecule has 0 radical (unpaired) electrons. The van der Waals surface area contributed by atoms with Gasteiger partial charge in [0, 0.05) is 16.4 Å². The number of hydrogen-bond donors (Lipinski definition) is 1. The second kappa shape index (κ2) is 5.20. The number of halogens is 1. The molecule has 1 aromatic carbocycles. The minimum Gasteiger partial charge on any atom is -0.338 e. The lowest BCUT2D eigenvalue weighted by molar-refractivity contribution is 0.311. The van der Waals surface area contributed by atoms with Crippen LogP contribution in [0.5, 0.6) is 0 Å². The molecule has 0 aliphatic heterocycles. The fourth-order valence-electron chi connectivity index (χ4n) is 1.93. The van der Waals surface area contributed by atoms with Crippen molar-refractivity contribution in [1.29, 1.82) is 0 Å². The average Bonchev–Trinajstić information content (AvgIpc) is 2.97. The lowest BCUT2D eigenvalue weighted by Gasteiger charge is -2.15. The topological polar surface area (TPSA) is 77.8 Å². The van der Waals surface area contributed by atoms with E-state index in [1.807, 2.05) is 44.2 Å². The van der Waals surface area contributed by atoms with Crippen molar-refractivity contribution in [3.8, 4) is 11.5 Å². The zero-order valence-corrected chi connectivity index (χ0v) is 13.4. The molecule has 3 rings (SSSR count). The SMILES string of the molecule is CC(C)(CN)c1nc(-c2nc3ccccc3cc2Br)no1. The van der Waals surface area contributed by atoms with Crippen molar-refractivity contribution in [2.24, 2.45) is 5.73 Å². The Labute approximate surface area is 130 Å². The molecular formula is C15H15BrN4O. The number of fused-ring (bicyclic) bond motifs is 1. The number of hydrogen-bond acceptors (Lipinski definition) is 5. The molecule has 2 heterocycles. The molecule has 108 valence electrons. The Kier molecular flexibility index (Phi) is 3.51. The van der Waals surface area contributed by atoms with Crippen molar-refractivity contribution in [2.45, 2.75) is 19.3 Å². The lowest BCUT2D eigenvalue weighted by atomic mass is 9.94. The van der Waals surface area contributed by atoms with Crippen molar-refractivity contribution in [1.82, 2.24) is 15.1 Å². The summed E-state index contributed by atoms with van der Waals surface area (Å²) < 4.78 is 6.17. The summed E-state index contributed by atoms with van der Waals surface area (Å²) in [5, 5.41) is 5.09. The first-order valence-corrected chi connectivity index (χ1v) is 7.40. The molecule has 0 aliphatic rings. The van der Waals surface area contributed by atoms with Gasteiger partial charge in [-0.25, -0.2) is 4.98 Å². The molecule has 2 N–H and O–H groups in total. The zero-order valence-electron chi connectivity index (χ0n) is 11.8. The second-order valence-corrected chi connectivity index (χ2v) is 6.38. The molecule has 0 unspecified atom stereocenters. The van der Waals surface area contributed by atoms with Crippen LogP contribution in [0.2, 0.25) is 0 Å². The Morgan fingerprint density at radius 1 is 1.24 bits per heavy atom. The third-order valence-corrected chi connectivity index (χ3v) is 4.01. The number of nitrogens with two attached hydrogens (primary N) is 1. The molecule has 2 aromatic heterocycles. The molecule has 0 atom stereocenters. The fourth-order valence-corrected chi connectivity index (χ4v) is 2.44. The average molecular weight is 347 g/mol. The third kappa shape index (κ3) is 2.56. The van der Waals surface area contributed by atoms with Gasteiger partial charge in [-0.15, -0.1) is 0 Å². The molecule has 0 fully saturated rings. The molecule has 0 aliphatic carbocycles. The third-order valence-electron chi connectivity index (χ3n) is 3.40. The van der Waals surface area contributed by atoms with E-state index in [2.05, 4.69) is 31.1 Å². The van der Waals surface area contributed by atoms with E-state index in [-0.39, 0.29) is 5.41 Å². The Morgan fingerprint density at radius 2 is 2.00 bits per heavy atom. The van der Waals surface area contributed by atoms with Gasteiger partial charge in [-0.3, -0.25) is 0 Å². The first-order chi connectivity index (χ1) is 10.0. The largest absolute Gasteiger partial charge is 0.338 e. The molecule has 0 saturated heterocycles. The summed E-state index contributed by atoms with van der Waals surface area (Å²) in [5.41, 5.74) is 6.94. The quantitative estimate of drug-likeness (QED) is 0.787. The van der Waals surface area contributed by atoms with Crippen molar-refractivity contribution in [2.75, 3.05) is 6.54 Å². The molecule has 3 aromatic rings. The van der Waals surface area contributed by atoms with Gasteiger partial charge in [0.2, 0.25) is 11.7 Å². The van der Waals surface area contributed by atoms with Crippen molar-refractivity contribution in [3.63, 3.8) is 0 Å². The van der Waals surface area contributed by atoms with Crippen LogP contribution in [-0.2, 0) is 5.41 Å². The normalized spacial score (nSPS) is 12.0. The molecule has 0 spiro atoms. The fraction of sp³-hybridized carbons (Fsp3) is 0.267. The van der Waals surface area contributed by atoms with E-state index >= 15 is 0 Å². The number of aromatic nitrogens is 3. The molecule has 5 nitrogen and oxygen atoms in total. The highest BCUT2D eigenvalue weighted by atomic mass is 79.9. The van der Waals surface area contributed by atoms with Crippen LogP contribution in [0, 0.1) is 0 Å². The molecule has 21 heavy (non-hydrogen) atoms. The maximum absolute atomic E-state index is 5.74. The number of benzene rings is 1. The van der Waals surface area contributed by atoms with E-state index in [0.29, 0.717) is 24.0 Å². The van der Waals surface area contributed by atoms with E-state index < -0.39 is 0 Å². The minimum atomic E-state index is -0.353. The first kappa shape index (κ1) is 14.2. The number of pyridine rings is 1. The van der Waals surface area contributed by atoms with Gasteiger partial charge in [0.25, 0.3) is 0 Å². The Balaban J connectivity index is 2.10. The standard InChI is InChI=1S/C15H15BrN4O/c1-15(2,8-17)14-19-13(20-21-14)12-10(16)7-9-5-3-4-6-11(9)18-12/h3-7H,8,17H2,1-2H3. The van der Waals surface area contributed by atoms with Crippen molar-refractivity contribution < 1.29 is 4.52 Å². The van der Waals surface area contributed by atoms with Gasteiger partial charge < -0.3 is 10.3 Å². The summed E-state index contributed by atoms with van der Waals surface area (Å²) in [4.78, 5) is 9.04. The summed E-state index contributed by atoms with van der Waals surface area (Å²) in [6, 6.07) is 9.90. The van der Waals surface area contributed by atoms with E-state index in [4.69, 9.17) is 10.3 Å². The van der Waals surface area contributed by atoms with Crippen LogP contribution < -0.4 is 5.73 Å². The maximum atomic E-state index is 5.74. The summed E-state index contributed by atoms with van der Waals surface area (Å²) in [6.07, 6.45) is 0.